The van der Waals surface area contributed by atoms with Crippen molar-refractivity contribution in [3.8, 4) is 0 Å². The number of aliphatic hydroxyl groups is 1. The second-order valence-electron chi connectivity index (χ2n) is 12.1. The van der Waals surface area contributed by atoms with Crippen molar-refractivity contribution >= 4 is 12.1 Å². The first kappa shape index (κ1) is 36.3. The standard InChI is InChI=1S/C32H57N5O5/c1-21(2)10-8-11-22(3)12-9-13-23(4)16-17-36-20-28(38)37(6)29-27(40-7)18-26(34)31(30(29)39)42-32-25(33)15-14-24(41-32)19-35-5/h10,12,16-17,24-27,29-32,35,39H,8-9,11,13-15,18-20,33-34H2,1-7H3/b22-12+,23-16+,36-17?/t24?,25?,26?,27-,29?,30-,31?,32+/m0/s1. The highest BCUT2D eigenvalue weighted by Crippen LogP contribution is 2.30. The summed E-state index contributed by atoms with van der Waals surface area (Å²) in [5, 5.41) is 14.5. The molecular weight excluding hydrogens is 534 g/mol. The van der Waals surface area contributed by atoms with E-state index in [1.54, 1.807) is 20.4 Å². The summed E-state index contributed by atoms with van der Waals surface area (Å²) in [6, 6.07) is -1.49. The van der Waals surface area contributed by atoms with Crippen molar-refractivity contribution in [1.29, 1.82) is 0 Å². The zero-order valence-corrected chi connectivity index (χ0v) is 26.9. The van der Waals surface area contributed by atoms with Crippen LogP contribution < -0.4 is 16.8 Å². The van der Waals surface area contributed by atoms with Crippen molar-refractivity contribution in [2.24, 2.45) is 16.5 Å². The molecule has 1 aliphatic carbocycles. The Kier molecular flexibility index (Phi) is 16.1. The molecule has 240 valence electrons. The summed E-state index contributed by atoms with van der Waals surface area (Å²) in [5.74, 6) is -0.229. The van der Waals surface area contributed by atoms with E-state index in [2.05, 4.69) is 50.2 Å². The number of carbonyl (C=O) groups excluding carboxylic acids is 1. The zero-order chi connectivity index (χ0) is 31.2. The molecule has 10 heteroatoms. The third kappa shape index (κ3) is 11.6. The predicted molar refractivity (Wildman–Crippen MR) is 169 cm³/mol. The van der Waals surface area contributed by atoms with Crippen LogP contribution in [0, 0.1) is 0 Å². The molecule has 10 nitrogen and oxygen atoms in total. The number of allylic oxidation sites excluding steroid dienone is 6. The van der Waals surface area contributed by atoms with Crippen LogP contribution >= 0.6 is 0 Å². The van der Waals surface area contributed by atoms with Gasteiger partial charge in [0.1, 0.15) is 18.8 Å². The van der Waals surface area contributed by atoms with Crippen molar-refractivity contribution in [3.05, 3.63) is 34.9 Å². The first-order chi connectivity index (χ1) is 20.0. The summed E-state index contributed by atoms with van der Waals surface area (Å²) in [4.78, 5) is 18.9. The molecule has 6 N–H and O–H groups in total. The maximum atomic E-state index is 13.1. The Bertz CT molecular complexity index is 948. The van der Waals surface area contributed by atoms with Gasteiger partial charge in [-0.05, 0) is 85.8 Å². The summed E-state index contributed by atoms with van der Waals surface area (Å²) in [5.41, 5.74) is 16.7. The number of methoxy groups -OCH3 is 1. The third-order valence-electron chi connectivity index (χ3n) is 8.17. The molecule has 5 unspecified atom stereocenters. The number of nitrogens with two attached hydrogens (primary N) is 2. The molecule has 0 aromatic carbocycles. The van der Waals surface area contributed by atoms with E-state index in [1.807, 2.05) is 13.1 Å². The van der Waals surface area contributed by atoms with Crippen LogP contribution in [0.2, 0.25) is 0 Å². The van der Waals surface area contributed by atoms with Gasteiger partial charge in [-0.25, -0.2) is 0 Å². The number of hydrogen-bond donors (Lipinski definition) is 4. The summed E-state index contributed by atoms with van der Waals surface area (Å²) < 4.78 is 17.9. The average molecular weight is 592 g/mol. The van der Waals surface area contributed by atoms with E-state index in [-0.39, 0.29) is 24.6 Å². The quantitative estimate of drug-likeness (QED) is 0.168. The van der Waals surface area contributed by atoms with Crippen molar-refractivity contribution in [3.63, 3.8) is 0 Å². The summed E-state index contributed by atoms with van der Waals surface area (Å²) in [7, 11) is 5.09. The van der Waals surface area contributed by atoms with Crippen molar-refractivity contribution in [1.82, 2.24) is 10.2 Å². The van der Waals surface area contributed by atoms with Crippen molar-refractivity contribution < 1.29 is 24.1 Å². The Hall–Kier alpha value is -1.92. The van der Waals surface area contributed by atoms with Gasteiger partial charge in [0.15, 0.2) is 6.29 Å². The molecule has 2 aliphatic rings. The lowest BCUT2D eigenvalue weighted by molar-refractivity contribution is -0.254. The monoisotopic (exact) mass is 591 g/mol. The van der Waals surface area contributed by atoms with Gasteiger partial charge in [0, 0.05) is 33.0 Å². The van der Waals surface area contributed by atoms with Crippen LogP contribution in [0.4, 0.5) is 0 Å². The Balaban J connectivity index is 1.94. The Morgan fingerprint density at radius 3 is 2.45 bits per heavy atom. The Morgan fingerprint density at radius 2 is 1.79 bits per heavy atom. The molecule has 0 aromatic rings. The molecule has 2 fully saturated rings. The topological polar surface area (TPSA) is 145 Å². The van der Waals surface area contributed by atoms with Gasteiger partial charge in [0.2, 0.25) is 5.91 Å². The molecule has 1 aliphatic heterocycles. The maximum Gasteiger partial charge on any atom is 0.244 e. The summed E-state index contributed by atoms with van der Waals surface area (Å²) >= 11 is 0. The fraction of sp³-hybridized carbons (Fsp3) is 0.750. The number of aliphatic imine (C=N–C) groups is 1. The van der Waals surface area contributed by atoms with E-state index in [1.165, 1.54) is 21.6 Å². The van der Waals surface area contributed by atoms with Gasteiger partial charge in [0.05, 0.1) is 24.3 Å². The molecule has 1 saturated heterocycles. The van der Waals surface area contributed by atoms with Crippen LogP contribution in [-0.4, -0.2) is 105 Å². The number of likely N-dealkylation sites (N-methyl/N-ethyl adjacent to an activating group) is 2. The SMILES string of the molecule is CNCC1CCC(N)[C@@H](OC2C(N)C[C@H](OC)C(N(C)C(=O)CN=C/C=C(\C)CC/C=C(\C)CCC=C(C)C)[C@@H]2O)O1. The molecule has 1 heterocycles. The van der Waals surface area contributed by atoms with E-state index in [9.17, 15) is 9.90 Å². The second-order valence-corrected chi connectivity index (χ2v) is 12.1. The highest BCUT2D eigenvalue weighted by molar-refractivity contribution is 5.81. The van der Waals surface area contributed by atoms with Gasteiger partial charge in [-0.3, -0.25) is 9.79 Å². The molecule has 0 radical (unpaired) electrons. The van der Waals surface area contributed by atoms with Gasteiger partial charge in [0.25, 0.3) is 0 Å². The minimum Gasteiger partial charge on any atom is -0.388 e. The van der Waals surface area contributed by atoms with Crippen LogP contribution in [0.5, 0.6) is 0 Å². The normalized spacial score (nSPS) is 30.9. The molecule has 8 atom stereocenters. The van der Waals surface area contributed by atoms with Crippen LogP contribution in [0.25, 0.3) is 0 Å². The Morgan fingerprint density at radius 1 is 1.10 bits per heavy atom. The number of carbonyl (C=O) groups is 1. The third-order valence-corrected chi connectivity index (χ3v) is 8.17. The fourth-order valence-electron chi connectivity index (χ4n) is 5.55. The van der Waals surface area contributed by atoms with Gasteiger partial charge >= 0.3 is 0 Å². The molecule has 0 aromatic heterocycles. The van der Waals surface area contributed by atoms with E-state index in [4.69, 9.17) is 25.7 Å². The lowest BCUT2D eigenvalue weighted by Crippen LogP contribution is -2.66. The maximum absolute atomic E-state index is 13.1. The average Bonchev–Trinajstić information content (AvgIpc) is 2.94. The molecule has 1 amide bonds. The van der Waals surface area contributed by atoms with Crippen molar-refractivity contribution in [2.75, 3.05) is 34.3 Å². The zero-order valence-electron chi connectivity index (χ0n) is 26.9. The molecule has 2 rings (SSSR count). The highest BCUT2D eigenvalue weighted by Gasteiger charge is 2.48. The number of ether oxygens (including phenoxy) is 3. The molecule has 0 spiro atoms. The predicted octanol–water partition coefficient (Wildman–Crippen LogP) is 2.85. The van der Waals surface area contributed by atoms with Gasteiger partial charge in [-0.1, -0.05) is 28.9 Å². The van der Waals surface area contributed by atoms with Crippen LogP contribution in [-0.2, 0) is 19.0 Å². The first-order valence-corrected chi connectivity index (χ1v) is 15.4. The fourth-order valence-corrected chi connectivity index (χ4v) is 5.55. The largest absolute Gasteiger partial charge is 0.388 e. The van der Waals surface area contributed by atoms with Crippen LogP contribution in [0.15, 0.2) is 39.9 Å². The van der Waals surface area contributed by atoms with Crippen molar-refractivity contribution in [2.45, 2.75) is 121 Å². The van der Waals surface area contributed by atoms with Gasteiger partial charge in [-0.15, -0.1) is 0 Å². The molecular formula is C32H57N5O5. The number of aliphatic hydroxyl groups excluding tert-OH is 1. The smallest absolute Gasteiger partial charge is 0.244 e. The lowest BCUT2D eigenvalue weighted by Gasteiger charge is -2.48. The van der Waals surface area contributed by atoms with E-state index in [0.29, 0.717) is 13.0 Å². The second kappa shape index (κ2) is 18.7. The van der Waals surface area contributed by atoms with Gasteiger partial charge < -0.3 is 41.0 Å². The molecule has 42 heavy (non-hydrogen) atoms. The van der Waals surface area contributed by atoms with E-state index >= 15 is 0 Å². The highest BCUT2D eigenvalue weighted by atomic mass is 16.7. The number of nitrogens with one attached hydrogen (secondary N) is 1. The Labute approximate surface area is 253 Å². The number of nitrogens with zero attached hydrogens (tertiary/aromatic N) is 2. The summed E-state index contributed by atoms with van der Waals surface area (Å²) in [6.07, 6.45) is 11.3. The number of amides is 1. The minimum atomic E-state index is -1.09. The lowest BCUT2D eigenvalue weighted by atomic mass is 9.83. The number of rotatable bonds is 15. The van der Waals surface area contributed by atoms with E-state index in [0.717, 1.165) is 38.5 Å². The molecule has 1 saturated carbocycles. The first-order valence-electron chi connectivity index (χ1n) is 15.4. The van der Waals surface area contributed by atoms with Crippen LogP contribution in [0.1, 0.15) is 72.6 Å². The number of hydrogen-bond acceptors (Lipinski definition) is 9. The minimum absolute atomic E-state index is 0.0303. The summed E-state index contributed by atoms with van der Waals surface area (Å²) in [6.45, 7) is 9.15. The van der Waals surface area contributed by atoms with Gasteiger partial charge in [-0.2, -0.15) is 0 Å². The van der Waals surface area contributed by atoms with Crippen LogP contribution in [0.3, 0.4) is 0 Å². The van der Waals surface area contributed by atoms with E-state index < -0.39 is 36.7 Å². The molecule has 0 bridgehead atoms.